The zero-order chi connectivity index (χ0) is 21.0. The number of aliphatic hydroxyl groups is 1. The highest BCUT2D eigenvalue weighted by Gasteiger charge is 2.46. The molecule has 3 unspecified atom stereocenters. The molecule has 1 aliphatic rings. The van der Waals surface area contributed by atoms with Crippen LogP contribution in [-0.4, -0.2) is 51.9 Å². The summed E-state index contributed by atoms with van der Waals surface area (Å²) < 4.78 is 0. The van der Waals surface area contributed by atoms with Crippen LogP contribution in [0.5, 0.6) is 0 Å². The monoisotopic (exact) mass is 414 g/mol. The lowest BCUT2D eigenvalue weighted by Crippen LogP contribution is -2.37. The van der Waals surface area contributed by atoms with Gasteiger partial charge < -0.3 is 10.0 Å². The third kappa shape index (κ3) is 4.80. The summed E-state index contributed by atoms with van der Waals surface area (Å²) in [6, 6.07) is 16.1. The first kappa shape index (κ1) is 21.3. The molecule has 5 nitrogen and oxygen atoms in total. The number of unbranched alkanes of at least 4 members (excludes halogenated alkanes) is 1. The van der Waals surface area contributed by atoms with Crippen molar-refractivity contribution in [2.24, 2.45) is 0 Å². The van der Waals surface area contributed by atoms with Crippen LogP contribution in [0.2, 0.25) is 0 Å². The summed E-state index contributed by atoms with van der Waals surface area (Å²) in [5.74, 6) is -0.351. The second kappa shape index (κ2) is 9.42. The van der Waals surface area contributed by atoms with Gasteiger partial charge in [-0.2, -0.15) is 0 Å². The van der Waals surface area contributed by atoms with Gasteiger partial charge in [-0.3, -0.25) is 9.69 Å². The lowest BCUT2D eigenvalue weighted by Gasteiger charge is -2.22. The van der Waals surface area contributed by atoms with Crippen LogP contribution in [0.25, 0.3) is 11.1 Å². The summed E-state index contributed by atoms with van der Waals surface area (Å²) >= 11 is 5.95. The quantitative estimate of drug-likeness (QED) is 0.394. The van der Waals surface area contributed by atoms with Gasteiger partial charge in [0, 0.05) is 19.0 Å². The number of nitrogens with zero attached hydrogens (tertiary/aromatic N) is 2. The number of hydrogen-bond donors (Lipinski definition) is 1. The number of rotatable bonds is 8. The lowest BCUT2D eigenvalue weighted by atomic mass is 9.98. The van der Waals surface area contributed by atoms with E-state index in [2.05, 4.69) is 0 Å². The molecule has 1 aliphatic heterocycles. The van der Waals surface area contributed by atoms with E-state index in [1.54, 1.807) is 7.05 Å². The number of carbonyl (C=O) groups is 2. The molecular formula is C23H27ClN2O3. The van der Waals surface area contributed by atoms with E-state index in [9.17, 15) is 14.7 Å². The summed E-state index contributed by atoms with van der Waals surface area (Å²) in [7, 11) is 1.56. The van der Waals surface area contributed by atoms with Crippen molar-refractivity contribution in [3.8, 4) is 11.1 Å². The smallest absolute Gasteiger partial charge is 0.327 e. The number of hydrogen-bond acceptors (Lipinski definition) is 3. The van der Waals surface area contributed by atoms with Crippen molar-refractivity contribution in [1.29, 1.82) is 0 Å². The third-order valence-electron chi connectivity index (χ3n) is 5.36. The molecule has 0 bridgehead atoms. The first-order valence-corrected chi connectivity index (χ1v) is 10.4. The van der Waals surface area contributed by atoms with Crippen molar-refractivity contribution in [2.45, 2.75) is 43.7 Å². The van der Waals surface area contributed by atoms with Crippen molar-refractivity contribution >= 4 is 23.5 Å². The van der Waals surface area contributed by atoms with Crippen LogP contribution in [0.3, 0.4) is 0 Å². The minimum atomic E-state index is -1.07. The minimum Gasteiger partial charge on any atom is -0.386 e. The van der Waals surface area contributed by atoms with E-state index in [0.29, 0.717) is 18.5 Å². The fourth-order valence-electron chi connectivity index (χ4n) is 3.66. The van der Waals surface area contributed by atoms with Crippen molar-refractivity contribution in [1.82, 2.24) is 9.80 Å². The standard InChI is InChI=1S/C23H27ClN2O3/c1-16(24)8-6-7-15-26-22(28)20(25(2)23(26)29)21(27)19-13-11-18(12-14-19)17-9-4-3-5-10-17/h3-5,9-14,16,20-21,27H,6-8,15H2,1-2H3. The highest BCUT2D eigenvalue weighted by atomic mass is 35.5. The van der Waals surface area contributed by atoms with Crippen molar-refractivity contribution in [2.75, 3.05) is 13.6 Å². The maximum atomic E-state index is 12.8. The summed E-state index contributed by atoms with van der Waals surface area (Å²) in [6.07, 6.45) is 1.32. The van der Waals surface area contributed by atoms with Crippen molar-refractivity contribution in [3.05, 3.63) is 60.2 Å². The van der Waals surface area contributed by atoms with Crippen LogP contribution in [0.4, 0.5) is 4.79 Å². The number of aliphatic hydroxyl groups excluding tert-OH is 1. The maximum absolute atomic E-state index is 12.8. The number of halogens is 1. The zero-order valence-corrected chi connectivity index (χ0v) is 17.5. The van der Waals surface area contributed by atoms with Crippen LogP contribution < -0.4 is 0 Å². The van der Waals surface area contributed by atoms with Crippen molar-refractivity contribution < 1.29 is 14.7 Å². The molecule has 0 aliphatic carbocycles. The summed E-state index contributed by atoms with van der Waals surface area (Å²) in [5.41, 5.74) is 2.72. The molecule has 1 fully saturated rings. The fraction of sp³-hybridized carbons (Fsp3) is 0.391. The van der Waals surface area contributed by atoms with Gasteiger partial charge in [0.2, 0.25) is 0 Å². The summed E-state index contributed by atoms with van der Waals surface area (Å²) in [6.45, 7) is 2.28. The molecule has 1 heterocycles. The van der Waals surface area contributed by atoms with Crippen LogP contribution in [0.15, 0.2) is 54.6 Å². The largest absolute Gasteiger partial charge is 0.386 e. The predicted octanol–water partition coefficient (Wildman–Crippen LogP) is 4.45. The highest BCUT2D eigenvalue weighted by Crippen LogP contribution is 2.29. The molecule has 2 aromatic rings. The van der Waals surface area contributed by atoms with E-state index in [1.807, 2.05) is 61.5 Å². The normalized spacial score (nSPS) is 19.0. The van der Waals surface area contributed by atoms with Gasteiger partial charge in [0.15, 0.2) is 0 Å². The SMILES string of the molecule is CC(Cl)CCCCN1C(=O)C(C(O)c2ccc(-c3ccccc3)cc2)N(C)C1=O. The van der Waals surface area contributed by atoms with Crippen LogP contribution in [-0.2, 0) is 4.79 Å². The van der Waals surface area contributed by atoms with Crippen LogP contribution >= 0.6 is 11.6 Å². The Morgan fingerprint density at radius 2 is 1.62 bits per heavy atom. The Morgan fingerprint density at radius 1 is 1.00 bits per heavy atom. The Hall–Kier alpha value is -2.37. The topological polar surface area (TPSA) is 60.9 Å². The average molecular weight is 415 g/mol. The van der Waals surface area contributed by atoms with Crippen LogP contribution in [0, 0.1) is 0 Å². The van der Waals surface area contributed by atoms with Gasteiger partial charge in [-0.15, -0.1) is 11.6 Å². The summed E-state index contributed by atoms with van der Waals surface area (Å²) in [4.78, 5) is 27.9. The molecule has 0 aromatic heterocycles. The molecule has 0 radical (unpaired) electrons. The molecule has 3 amide bonds. The van der Waals surface area contributed by atoms with Gasteiger partial charge >= 0.3 is 6.03 Å². The number of benzene rings is 2. The molecule has 3 atom stereocenters. The maximum Gasteiger partial charge on any atom is 0.327 e. The lowest BCUT2D eigenvalue weighted by molar-refractivity contribution is -0.131. The van der Waals surface area contributed by atoms with E-state index in [-0.39, 0.29) is 17.3 Å². The molecule has 3 rings (SSSR count). The second-order valence-corrected chi connectivity index (χ2v) is 8.28. The zero-order valence-electron chi connectivity index (χ0n) is 16.8. The van der Waals surface area contributed by atoms with Gasteiger partial charge in [-0.1, -0.05) is 61.0 Å². The predicted molar refractivity (Wildman–Crippen MR) is 115 cm³/mol. The van der Waals surface area contributed by atoms with Gasteiger partial charge in [0.05, 0.1) is 0 Å². The molecule has 0 saturated carbocycles. The molecule has 29 heavy (non-hydrogen) atoms. The molecule has 1 N–H and O–H groups in total. The Morgan fingerprint density at radius 3 is 2.24 bits per heavy atom. The minimum absolute atomic E-state index is 0.0797. The van der Waals surface area contributed by atoms with E-state index in [4.69, 9.17) is 11.6 Å². The van der Waals surface area contributed by atoms with E-state index < -0.39 is 12.1 Å². The first-order valence-electron chi connectivity index (χ1n) is 9.96. The molecule has 1 saturated heterocycles. The van der Waals surface area contributed by atoms with Gasteiger partial charge in [-0.05, 0) is 36.5 Å². The Bertz CT molecular complexity index is 839. The summed E-state index contributed by atoms with van der Waals surface area (Å²) in [5, 5.41) is 10.9. The van der Waals surface area contributed by atoms with E-state index in [0.717, 1.165) is 24.0 Å². The number of amides is 3. The number of imide groups is 1. The first-order chi connectivity index (χ1) is 13.9. The number of likely N-dealkylation sites (N-methyl/N-ethyl adjacent to an activating group) is 1. The van der Waals surface area contributed by atoms with E-state index >= 15 is 0 Å². The molecule has 0 spiro atoms. The second-order valence-electron chi connectivity index (χ2n) is 7.54. The Labute approximate surface area is 176 Å². The molecule has 154 valence electrons. The van der Waals surface area contributed by atoms with E-state index in [1.165, 1.54) is 9.80 Å². The molecular weight excluding hydrogens is 388 g/mol. The van der Waals surface area contributed by atoms with Gasteiger partial charge in [0.1, 0.15) is 12.1 Å². The van der Waals surface area contributed by atoms with Crippen molar-refractivity contribution in [3.63, 3.8) is 0 Å². The van der Waals surface area contributed by atoms with Gasteiger partial charge in [-0.25, -0.2) is 4.79 Å². The Kier molecular flexibility index (Phi) is 6.93. The average Bonchev–Trinajstić information content (AvgIpc) is 2.94. The highest BCUT2D eigenvalue weighted by molar-refractivity contribution is 6.20. The van der Waals surface area contributed by atoms with Crippen LogP contribution in [0.1, 0.15) is 37.9 Å². The third-order valence-corrected chi connectivity index (χ3v) is 5.58. The number of alkyl halides is 1. The number of urea groups is 1. The fourth-order valence-corrected chi connectivity index (χ4v) is 3.82. The van der Waals surface area contributed by atoms with Gasteiger partial charge in [0.25, 0.3) is 5.91 Å². The molecule has 2 aromatic carbocycles. The Balaban J connectivity index is 1.69. The molecule has 6 heteroatoms. The number of carbonyl (C=O) groups excluding carboxylic acids is 2.